The number of ether oxygens (including phenoxy) is 1. The zero-order valence-electron chi connectivity index (χ0n) is 16.9. The number of nitrogens with one attached hydrogen (secondary N) is 1. The summed E-state index contributed by atoms with van der Waals surface area (Å²) in [5, 5.41) is 3.56. The SMILES string of the molecule is CCOC(=O)C1CCCN(C(=NC)NCC2CCCN(C(C)C)C2)C1.I. The van der Waals surface area contributed by atoms with E-state index >= 15 is 0 Å². The zero-order valence-corrected chi connectivity index (χ0v) is 19.2. The molecule has 7 heteroatoms. The molecule has 0 saturated carbocycles. The average Bonchev–Trinajstić information content (AvgIpc) is 2.63. The average molecular weight is 480 g/mol. The van der Waals surface area contributed by atoms with E-state index in [0.717, 1.165) is 38.4 Å². The number of carbonyl (C=O) groups excluding carboxylic acids is 1. The van der Waals surface area contributed by atoms with Gasteiger partial charge in [0.05, 0.1) is 12.5 Å². The summed E-state index contributed by atoms with van der Waals surface area (Å²) in [6.45, 7) is 11.9. The first-order valence-corrected chi connectivity index (χ1v) is 9.91. The third-order valence-electron chi connectivity index (χ3n) is 5.38. The van der Waals surface area contributed by atoms with Crippen LogP contribution in [0.25, 0.3) is 0 Å². The molecule has 26 heavy (non-hydrogen) atoms. The molecule has 2 unspecified atom stereocenters. The second-order valence-corrected chi connectivity index (χ2v) is 7.56. The van der Waals surface area contributed by atoms with Gasteiger partial charge < -0.3 is 19.9 Å². The highest BCUT2D eigenvalue weighted by atomic mass is 127. The summed E-state index contributed by atoms with van der Waals surface area (Å²) >= 11 is 0. The Balaban J connectivity index is 0.00000338. The van der Waals surface area contributed by atoms with Crippen LogP contribution in [-0.4, -0.2) is 74.1 Å². The Morgan fingerprint density at radius 2 is 1.96 bits per heavy atom. The van der Waals surface area contributed by atoms with Gasteiger partial charge in [-0.05, 0) is 58.9 Å². The van der Waals surface area contributed by atoms with Gasteiger partial charge in [-0.15, -0.1) is 24.0 Å². The molecule has 0 aliphatic carbocycles. The topological polar surface area (TPSA) is 57.2 Å². The van der Waals surface area contributed by atoms with Crippen molar-refractivity contribution in [1.29, 1.82) is 0 Å². The van der Waals surface area contributed by atoms with Crippen molar-refractivity contribution in [2.24, 2.45) is 16.8 Å². The number of likely N-dealkylation sites (tertiary alicyclic amines) is 2. The summed E-state index contributed by atoms with van der Waals surface area (Å²) in [7, 11) is 1.83. The number of esters is 1. The Kier molecular flexibility index (Phi) is 10.8. The molecule has 2 fully saturated rings. The van der Waals surface area contributed by atoms with Gasteiger partial charge in [-0.3, -0.25) is 9.79 Å². The number of halogens is 1. The van der Waals surface area contributed by atoms with Gasteiger partial charge in [0.25, 0.3) is 0 Å². The molecule has 0 aromatic rings. The summed E-state index contributed by atoms with van der Waals surface area (Å²) in [5.41, 5.74) is 0. The number of carbonyl (C=O) groups is 1. The monoisotopic (exact) mass is 480 g/mol. The third-order valence-corrected chi connectivity index (χ3v) is 5.38. The molecule has 2 heterocycles. The van der Waals surface area contributed by atoms with Crippen molar-refractivity contribution < 1.29 is 9.53 Å². The largest absolute Gasteiger partial charge is 0.466 e. The molecule has 1 N–H and O–H groups in total. The fourth-order valence-corrected chi connectivity index (χ4v) is 3.92. The minimum absolute atomic E-state index is 0. The second kappa shape index (κ2) is 12.0. The van der Waals surface area contributed by atoms with Crippen molar-refractivity contribution in [3.05, 3.63) is 0 Å². The van der Waals surface area contributed by atoms with E-state index in [9.17, 15) is 4.79 Å². The third kappa shape index (κ3) is 6.87. The van der Waals surface area contributed by atoms with Crippen molar-refractivity contribution in [1.82, 2.24) is 15.1 Å². The number of rotatable bonds is 5. The van der Waals surface area contributed by atoms with Crippen LogP contribution in [0.1, 0.15) is 46.5 Å². The molecule has 2 atom stereocenters. The Bertz CT molecular complexity index is 459. The summed E-state index contributed by atoms with van der Waals surface area (Å²) < 4.78 is 5.20. The molecule has 152 valence electrons. The van der Waals surface area contributed by atoms with Gasteiger partial charge >= 0.3 is 5.97 Å². The van der Waals surface area contributed by atoms with E-state index in [0.29, 0.717) is 25.1 Å². The van der Waals surface area contributed by atoms with Gasteiger partial charge in [0.2, 0.25) is 0 Å². The van der Waals surface area contributed by atoms with E-state index in [-0.39, 0.29) is 35.9 Å². The molecule has 0 spiro atoms. The minimum Gasteiger partial charge on any atom is -0.466 e. The Labute approximate surface area is 176 Å². The molecular weight excluding hydrogens is 443 g/mol. The molecule has 0 bridgehead atoms. The minimum atomic E-state index is -0.0671. The van der Waals surface area contributed by atoms with E-state index in [1.54, 1.807) is 0 Å². The molecule has 2 aliphatic rings. The molecule has 0 radical (unpaired) electrons. The first-order valence-electron chi connectivity index (χ1n) is 9.91. The van der Waals surface area contributed by atoms with Crippen LogP contribution in [0.2, 0.25) is 0 Å². The van der Waals surface area contributed by atoms with Crippen LogP contribution in [0.5, 0.6) is 0 Å². The van der Waals surface area contributed by atoms with E-state index in [2.05, 4.69) is 34.0 Å². The Hall–Kier alpha value is -0.570. The maximum atomic E-state index is 12.0. The normalized spacial score (nSPS) is 25.0. The zero-order chi connectivity index (χ0) is 18.2. The standard InChI is InChI=1S/C19H36N4O2.HI/c1-5-25-18(24)17-9-7-11-23(14-17)19(20-4)21-12-16-8-6-10-22(13-16)15(2)3;/h15-17H,5-14H2,1-4H3,(H,20,21);1H. The number of nitrogens with zero attached hydrogens (tertiary/aromatic N) is 3. The quantitative estimate of drug-likeness (QED) is 0.284. The highest BCUT2D eigenvalue weighted by molar-refractivity contribution is 14.0. The lowest BCUT2D eigenvalue weighted by Crippen LogP contribution is -2.50. The Morgan fingerprint density at radius 1 is 1.23 bits per heavy atom. The Morgan fingerprint density at radius 3 is 2.62 bits per heavy atom. The van der Waals surface area contributed by atoms with Gasteiger partial charge in [0.1, 0.15) is 0 Å². The molecule has 0 aromatic heterocycles. The van der Waals surface area contributed by atoms with Crippen LogP contribution in [0.15, 0.2) is 4.99 Å². The van der Waals surface area contributed by atoms with Crippen molar-refractivity contribution in [2.45, 2.75) is 52.5 Å². The predicted octanol–water partition coefficient (Wildman–Crippen LogP) is 2.58. The van der Waals surface area contributed by atoms with Gasteiger partial charge in [-0.1, -0.05) is 0 Å². The second-order valence-electron chi connectivity index (χ2n) is 7.56. The van der Waals surface area contributed by atoms with Crippen LogP contribution in [0, 0.1) is 11.8 Å². The molecule has 0 aromatic carbocycles. The number of hydrogen-bond acceptors (Lipinski definition) is 4. The van der Waals surface area contributed by atoms with Crippen molar-refractivity contribution in [3.63, 3.8) is 0 Å². The maximum Gasteiger partial charge on any atom is 0.310 e. The molecule has 0 amide bonds. The van der Waals surface area contributed by atoms with Gasteiger partial charge in [-0.25, -0.2) is 0 Å². The lowest BCUT2D eigenvalue weighted by molar-refractivity contribution is -0.149. The van der Waals surface area contributed by atoms with E-state index in [4.69, 9.17) is 4.74 Å². The van der Waals surface area contributed by atoms with Crippen LogP contribution in [-0.2, 0) is 9.53 Å². The van der Waals surface area contributed by atoms with Crippen molar-refractivity contribution in [3.8, 4) is 0 Å². The van der Waals surface area contributed by atoms with Crippen LogP contribution >= 0.6 is 24.0 Å². The number of guanidine groups is 1. The summed E-state index contributed by atoms with van der Waals surface area (Å²) in [4.78, 5) is 21.3. The van der Waals surface area contributed by atoms with Gasteiger partial charge in [-0.2, -0.15) is 0 Å². The predicted molar refractivity (Wildman–Crippen MR) is 117 cm³/mol. The maximum absolute atomic E-state index is 12.0. The molecule has 2 saturated heterocycles. The molecule has 6 nitrogen and oxygen atoms in total. The molecule has 2 aliphatic heterocycles. The van der Waals surface area contributed by atoms with Crippen LogP contribution in [0.4, 0.5) is 0 Å². The lowest BCUT2D eigenvalue weighted by Gasteiger charge is -2.37. The first-order chi connectivity index (χ1) is 12.0. The summed E-state index contributed by atoms with van der Waals surface area (Å²) in [6.07, 6.45) is 4.48. The fourth-order valence-electron chi connectivity index (χ4n) is 3.92. The van der Waals surface area contributed by atoms with Crippen molar-refractivity contribution in [2.75, 3.05) is 46.4 Å². The highest BCUT2D eigenvalue weighted by Gasteiger charge is 2.29. The highest BCUT2D eigenvalue weighted by Crippen LogP contribution is 2.20. The summed E-state index contributed by atoms with van der Waals surface area (Å²) in [5.74, 6) is 1.50. The number of hydrogen-bond donors (Lipinski definition) is 1. The van der Waals surface area contributed by atoms with Crippen LogP contribution in [0.3, 0.4) is 0 Å². The number of piperidine rings is 2. The van der Waals surface area contributed by atoms with E-state index in [1.807, 2.05) is 14.0 Å². The van der Waals surface area contributed by atoms with Crippen molar-refractivity contribution >= 4 is 35.9 Å². The fraction of sp³-hybridized carbons (Fsp3) is 0.895. The van der Waals surface area contributed by atoms with Crippen LogP contribution < -0.4 is 5.32 Å². The first kappa shape index (κ1) is 23.5. The molecule has 2 rings (SSSR count). The smallest absolute Gasteiger partial charge is 0.310 e. The lowest BCUT2D eigenvalue weighted by atomic mass is 9.96. The number of aliphatic imine (C=N–C) groups is 1. The van der Waals surface area contributed by atoms with E-state index in [1.165, 1.54) is 19.4 Å². The molecular formula is C19H37IN4O2. The van der Waals surface area contributed by atoms with Gasteiger partial charge in [0, 0.05) is 39.3 Å². The van der Waals surface area contributed by atoms with E-state index < -0.39 is 0 Å². The summed E-state index contributed by atoms with van der Waals surface area (Å²) in [6, 6.07) is 0.620. The van der Waals surface area contributed by atoms with Gasteiger partial charge in [0.15, 0.2) is 5.96 Å².